The van der Waals surface area contributed by atoms with Crippen molar-refractivity contribution >= 4 is 19.2 Å². The molecular formula is C18H22LiP. The van der Waals surface area contributed by atoms with E-state index in [0.29, 0.717) is 0 Å². The van der Waals surface area contributed by atoms with Crippen molar-refractivity contribution in [1.29, 1.82) is 0 Å². The fraction of sp³-hybridized carbons (Fsp3) is 0.333. The molecule has 0 spiro atoms. The van der Waals surface area contributed by atoms with Gasteiger partial charge in [0.15, 0.2) is 0 Å². The van der Waals surface area contributed by atoms with E-state index in [4.69, 9.17) is 0 Å². The summed E-state index contributed by atoms with van der Waals surface area (Å²) in [6.45, 7) is 13.2. The van der Waals surface area contributed by atoms with E-state index in [0.717, 1.165) is 0 Å². The molecule has 0 aliphatic heterocycles. The zero-order chi connectivity index (χ0) is 14.2. The summed E-state index contributed by atoms with van der Waals surface area (Å²) in [6.07, 6.45) is 0. The molecule has 2 aromatic rings. The van der Waals surface area contributed by atoms with E-state index >= 15 is 0 Å². The Balaban J connectivity index is 0.00000200. The van der Waals surface area contributed by atoms with Crippen LogP contribution in [0, 0.1) is 41.5 Å². The summed E-state index contributed by atoms with van der Waals surface area (Å²) in [5.74, 6) is 0. The molecule has 0 radical (unpaired) electrons. The van der Waals surface area contributed by atoms with Gasteiger partial charge in [-0.25, -0.2) is 0 Å². The van der Waals surface area contributed by atoms with Crippen LogP contribution in [0.15, 0.2) is 24.3 Å². The molecule has 2 rings (SSSR count). The number of aryl methyl sites for hydroxylation is 6. The van der Waals surface area contributed by atoms with Gasteiger partial charge < -0.3 is 8.58 Å². The molecule has 0 amide bonds. The van der Waals surface area contributed by atoms with Crippen molar-refractivity contribution in [3.63, 3.8) is 0 Å². The maximum Gasteiger partial charge on any atom is 1.00 e. The number of benzene rings is 2. The van der Waals surface area contributed by atoms with Gasteiger partial charge in [0, 0.05) is 0 Å². The molecule has 0 bridgehead atoms. The Hall–Kier alpha value is -0.533. The van der Waals surface area contributed by atoms with Crippen molar-refractivity contribution in [1.82, 2.24) is 0 Å². The van der Waals surface area contributed by atoms with Crippen molar-refractivity contribution in [3.8, 4) is 0 Å². The molecule has 0 unspecified atom stereocenters. The first-order chi connectivity index (χ1) is 8.88. The largest absolute Gasteiger partial charge is 1.00 e. The zero-order valence-electron chi connectivity index (χ0n) is 13.8. The quantitative estimate of drug-likeness (QED) is 0.575. The van der Waals surface area contributed by atoms with Gasteiger partial charge in [-0.3, -0.25) is 0 Å². The van der Waals surface area contributed by atoms with Gasteiger partial charge in [0.2, 0.25) is 0 Å². The van der Waals surface area contributed by atoms with Gasteiger partial charge in [-0.1, -0.05) is 57.6 Å². The van der Waals surface area contributed by atoms with Gasteiger partial charge in [-0.05, 0) is 41.5 Å². The predicted molar refractivity (Wildman–Crippen MR) is 87.5 cm³/mol. The second-order valence-corrected chi connectivity index (χ2v) is 6.72. The number of hydrogen-bond donors (Lipinski definition) is 0. The molecule has 0 aliphatic rings. The third-order valence-electron chi connectivity index (χ3n) is 3.49. The van der Waals surface area contributed by atoms with Gasteiger partial charge in [-0.15, -0.1) is 0 Å². The molecule has 0 nitrogen and oxygen atoms in total. The molecule has 2 aromatic carbocycles. The maximum atomic E-state index is 2.29. The summed E-state index contributed by atoms with van der Waals surface area (Å²) in [6, 6.07) is 9.14. The molecule has 20 heavy (non-hydrogen) atoms. The molecule has 0 aromatic heterocycles. The van der Waals surface area contributed by atoms with Crippen molar-refractivity contribution in [2.75, 3.05) is 0 Å². The third-order valence-corrected chi connectivity index (χ3v) is 5.35. The van der Waals surface area contributed by atoms with Crippen molar-refractivity contribution in [3.05, 3.63) is 57.6 Å². The van der Waals surface area contributed by atoms with Crippen molar-refractivity contribution in [2.45, 2.75) is 41.5 Å². The zero-order valence-corrected chi connectivity index (χ0v) is 14.7. The first-order valence-electron chi connectivity index (χ1n) is 6.76. The minimum Gasteiger partial charge on any atom is -0.471 e. The number of hydrogen-bond acceptors (Lipinski definition) is 0. The fourth-order valence-corrected chi connectivity index (χ4v) is 4.00. The van der Waals surface area contributed by atoms with Crippen LogP contribution < -0.4 is 29.5 Å². The summed E-state index contributed by atoms with van der Waals surface area (Å²) in [4.78, 5) is 0. The fourth-order valence-electron chi connectivity index (χ4n) is 2.81. The van der Waals surface area contributed by atoms with E-state index in [1.807, 2.05) is 0 Å². The molecule has 0 atom stereocenters. The Morgan fingerprint density at radius 3 is 1.05 bits per heavy atom. The minimum atomic E-state index is 0. The van der Waals surface area contributed by atoms with Gasteiger partial charge >= 0.3 is 18.9 Å². The van der Waals surface area contributed by atoms with Crippen LogP contribution in [0.25, 0.3) is 0 Å². The van der Waals surface area contributed by atoms with Crippen LogP contribution in [0.4, 0.5) is 0 Å². The van der Waals surface area contributed by atoms with E-state index in [2.05, 4.69) is 65.8 Å². The summed E-state index contributed by atoms with van der Waals surface area (Å²) < 4.78 is 0. The smallest absolute Gasteiger partial charge is 0.471 e. The summed E-state index contributed by atoms with van der Waals surface area (Å²) >= 11 is 0. The van der Waals surface area contributed by atoms with Gasteiger partial charge in [0.05, 0.1) is 0 Å². The summed E-state index contributed by atoms with van der Waals surface area (Å²) in [5, 5.41) is 2.92. The Morgan fingerprint density at radius 1 is 0.550 bits per heavy atom. The molecule has 0 N–H and O–H groups in total. The van der Waals surface area contributed by atoms with Gasteiger partial charge in [0.25, 0.3) is 0 Å². The van der Waals surface area contributed by atoms with Crippen LogP contribution in [-0.4, -0.2) is 0 Å². The second kappa shape index (κ2) is 6.95. The Bertz CT molecular complexity index is 528. The van der Waals surface area contributed by atoms with E-state index in [1.54, 1.807) is 0 Å². The third kappa shape index (κ3) is 3.77. The van der Waals surface area contributed by atoms with E-state index < -0.39 is 0 Å². The van der Waals surface area contributed by atoms with E-state index in [9.17, 15) is 0 Å². The van der Waals surface area contributed by atoms with Crippen molar-refractivity contribution < 1.29 is 18.9 Å². The number of rotatable bonds is 2. The minimum absolute atomic E-state index is 0. The average molecular weight is 276 g/mol. The topological polar surface area (TPSA) is 0 Å². The van der Waals surface area contributed by atoms with Crippen LogP contribution in [-0.2, 0) is 0 Å². The summed E-state index contributed by atoms with van der Waals surface area (Å²) in [5.41, 5.74) is 8.31. The Labute approximate surface area is 137 Å². The van der Waals surface area contributed by atoms with Crippen LogP contribution in [0.2, 0.25) is 0 Å². The molecule has 0 heterocycles. The Morgan fingerprint density at radius 2 is 0.800 bits per heavy atom. The average Bonchev–Trinajstić information content (AvgIpc) is 2.25. The summed E-state index contributed by atoms with van der Waals surface area (Å²) in [7, 11) is 1.34. The van der Waals surface area contributed by atoms with Crippen LogP contribution >= 0.6 is 8.58 Å². The molecule has 0 saturated heterocycles. The van der Waals surface area contributed by atoms with E-state index in [-0.39, 0.29) is 18.9 Å². The SMILES string of the molecule is Cc1cc(C)c([P-]c2c(C)cc(C)cc2C)c(C)c1.[Li+]. The molecular weight excluding hydrogens is 254 g/mol. The van der Waals surface area contributed by atoms with E-state index in [1.165, 1.54) is 52.6 Å². The second-order valence-electron chi connectivity index (χ2n) is 5.61. The van der Waals surface area contributed by atoms with Gasteiger partial charge in [-0.2, -0.15) is 10.6 Å². The monoisotopic (exact) mass is 276 g/mol. The predicted octanol–water partition coefficient (Wildman–Crippen LogP) is 1.44. The van der Waals surface area contributed by atoms with Crippen molar-refractivity contribution in [2.24, 2.45) is 0 Å². The van der Waals surface area contributed by atoms with Gasteiger partial charge in [0.1, 0.15) is 0 Å². The first kappa shape index (κ1) is 17.5. The Kier molecular flexibility index (Phi) is 6.09. The molecule has 0 aliphatic carbocycles. The van der Waals surface area contributed by atoms with Crippen LogP contribution in [0.3, 0.4) is 0 Å². The normalized spacial score (nSPS) is 10.3. The maximum absolute atomic E-state index is 2.29. The molecule has 2 heteroatoms. The first-order valence-corrected chi connectivity index (χ1v) is 7.65. The molecule has 100 valence electrons. The molecule has 0 fully saturated rings. The molecule has 0 saturated carbocycles. The van der Waals surface area contributed by atoms with Crippen LogP contribution in [0.5, 0.6) is 0 Å². The standard InChI is InChI=1S/C18H22P.Li/c1-11-7-13(3)17(14(4)8-11)19-18-15(5)9-12(2)10-16(18)6;/h7-10H,1-6H3;/q-1;+1. The van der Waals surface area contributed by atoms with Crippen LogP contribution in [0.1, 0.15) is 33.4 Å².